The van der Waals surface area contributed by atoms with Crippen LogP contribution < -0.4 is 34.0 Å². The molecule has 8 unspecified atom stereocenters. The molecule has 18 nitrogen and oxygen atoms in total. The molecule has 0 aromatic heterocycles. The Balaban J connectivity index is 0.000000385. The lowest BCUT2D eigenvalue weighted by Crippen LogP contribution is -2.62. The summed E-state index contributed by atoms with van der Waals surface area (Å²) in [6.45, 7) is 0.323. The van der Waals surface area contributed by atoms with Gasteiger partial charge in [0.25, 0.3) is 0 Å². The summed E-state index contributed by atoms with van der Waals surface area (Å²) < 4.78 is 28.8. The second-order valence-corrected chi connectivity index (χ2v) is 12.0. The van der Waals surface area contributed by atoms with Crippen molar-refractivity contribution in [2.24, 2.45) is 28.7 Å². The molecule has 15 atom stereocenters. The van der Waals surface area contributed by atoms with Crippen LogP contribution in [0.2, 0.25) is 0 Å². The van der Waals surface area contributed by atoms with Gasteiger partial charge in [0.2, 0.25) is 5.91 Å². The number of ether oxygens (including phenoxy) is 5. The molecular formula is C27H54N6O12. The molecule has 0 aromatic rings. The molecular weight excluding hydrogens is 600 g/mol. The summed E-state index contributed by atoms with van der Waals surface area (Å²) in [5, 5.41) is 59.8. The van der Waals surface area contributed by atoms with E-state index in [9.17, 15) is 30.3 Å². The van der Waals surface area contributed by atoms with E-state index in [1.54, 1.807) is 0 Å². The molecule has 4 rings (SSSR count). The van der Waals surface area contributed by atoms with Crippen LogP contribution in [0.5, 0.6) is 0 Å². The Morgan fingerprint density at radius 3 is 2.16 bits per heavy atom. The van der Waals surface area contributed by atoms with Gasteiger partial charge in [0, 0.05) is 38.0 Å². The minimum atomic E-state index is -1.27. The maximum atomic E-state index is 12.3. The lowest BCUT2D eigenvalue weighted by Gasteiger charge is -2.43. The first-order valence-corrected chi connectivity index (χ1v) is 15.6. The van der Waals surface area contributed by atoms with Gasteiger partial charge >= 0.3 is 0 Å². The SMILES string of the molecule is NCCC(O)C(=O)NC1CC(N)[C@@H](O[C@@H]2CC[C@H](O)C(CN)O2)C(OC2CCC(CO)O2)C1.NC[C@@H]1O[C@H](O)[C@H](N)C(O)[C@@H]1O. The van der Waals surface area contributed by atoms with Gasteiger partial charge in [-0.1, -0.05) is 0 Å². The molecule has 0 bridgehead atoms. The van der Waals surface area contributed by atoms with Crippen molar-refractivity contribution in [3.8, 4) is 0 Å². The number of nitrogens with one attached hydrogen (secondary N) is 1. The Labute approximate surface area is 262 Å². The molecule has 0 radical (unpaired) electrons. The Bertz CT molecular complexity index is 879. The zero-order chi connectivity index (χ0) is 33.3. The normalized spacial score (nSPS) is 42.8. The summed E-state index contributed by atoms with van der Waals surface area (Å²) in [6, 6.07) is -1.80. The van der Waals surface area contributed by atoms with E-state index in [0.717, 1.165) is 0 Å². The number of aliphatic hydroxyl groups excluding tert-OH is 6. The number of nitrogens with two attached hydrogens (primary N) is 5. The summed E-state index contributed by atoms with van der Waals surface area (Å²) in [5.41, 5.74) is 28.1. The summed E-state index contributed by atoms with van der Waals surface area (Å²) in [4.78, 5) is 12.3. The third kappa shape index (κ3) is 10.7. The fraction of sp³-hybridized carbons (Fsp3) is 0.963. The van der Waals surface area contributed by atoms with Crippen LogP contribution in [0.15, 0.2) is 0 Å². The van der Waals surface area contributed by atoms with Gasteiger partial charge in [-0.05, 0) is 38.6 Å². The van der Waals surface area contributed by atoms with Crippen LogP contribution in [-0.4, -0.2) is 155 Å². The first-order valence-electron chi connectivity index (χ1n) is 15.6. The van der Waals surface area contributed by atoms with E-state index in [1.807, 2.05) is 0 Å². The number of hydrogen-bond acceptors (Lipinski definition) is 17. The summed E-state index contributed by atoms with van der Waals surface area (Å²) in [6.07, 6.45) is -5.82. The molecule has 18 heteroatoms. The van der Waals surface area contributed by atoms with Crippen molar-refractivity contribution in [3.63, 3.8) is 0 Å². The standard InChI is InChI=1S/C21H40N4O8.C6H14N2O4/c22-6-5-15(28)21(29)25-11-7-13(24)20(33-19-4-2-14(27)17(9-23)32-19)16(8-11)31-18-3-1-12(10-26)30-18;7-1-2-4(9)5(10)3(8)6(11)12-2/h11-20,26-28H,1-10,22-24H2,(H,25,29);2-6,9-11H,1,7-8H2/t11?,12?,13?,14-,15?,16?,17?,18?,19+,20+;2-,3+,4+,5?,6-/m00/s1. The molecule has 0 spiro atoms. The Hall–Kier alpha value is -1.17. The molecule has 3 saturated heterocycles. The second-order valence-electron chi connectivity index (χ2n) is 12.0. The van der Waals surface area contributed by atoms with E-state index in [1.165, 1.54) is 0 Å². The van der Waals surface area contributed by atoms with E-state index in [0.29, 0.717) is 38.5 Å². The number of carbonyl (C=O) groups is 1. The van der Waals surface area contributed by atoms with Crippen LogP contribution in [0.3, 0.4) is 0 Å². The number of rotatable bonds is 11. The molecule has 1 saturated carbocycles. The van der Waals surface area contributed by atoms with E-state index < -0.39 is 85.7 Å². The van der Waals surface area contributed by atoms with Crippen LogP contribution in [0.1, 0.15) is 44.9 Å². The van der Waals surface area contributed by atoms with Crippen molar-refractivity contribution in [2.75, 3.05) is 26.2 Å². The molecule has 45 heavy (non-hydrogen) atoms. The van der Waals surface area contributed by atoms with Gasteiger partial charge in [0.15, 0.2) is 18.9 Å². The van der Waals surface area contributed by atoms with E-state index in [4.69, 9.17) is 57.5 Å². The maximum absolute atomic E-state index is 12.3. The highest BCUT2D eigenvalue weighted by atomic mass is 16.7. The Morgan fingerprint density at radius 2 is 1.53 bits per heavy atom. The zero-order valence-electron chi connectivity index (χ0n) is 25.5. The van der Waals surface area contributed by atoms with E-state index >= 15 is 0 Å². The smallest absolute Gasteiger partial charge is 0.249 e. The zero-order valence-corrected chi connectivity index (χ0v) is 25.5. The van der Waals surface area contributed by atoms with Crippen LogP contribution in [0.4, 0.5) is 0 Å². The van der Waals surface area contributed by atoms with Crippen LogP contribution in [0.25, 0.3) is 0 Å². The molecule has 3 aliphatic heterocycles. The van der Waals surface area contributed by atoms with Crippen molar-refractivity contribution in [1.29, 1.82) is 0 Å². The third-order valence-corrected chi connectivity index (χ3v) is 8.55. The number of carbonyl (C=O) groups excluding carboxylic acids is 1. The number of amides is 1. The van der Waals surface area contributed by atoms with Gasteiger partial charge < -0.3 is 88.3 Å². The van der Waals surface area contributed by atoms with Gasteiger partial charge in [0.05, 0.1) is 37.1 Å². The van der Waals surface area contributed by atoms with Crippen LogP contribution in [0, 0.1) is 0 Å². The summed E-state index contributed by atoms with van der Waals surface area (Å²) >= 11 is 0. The minimum absolute atomic E-state index is 0.0298. The molecule has 1 amide bonds. The highest BCUT2D eigenvalue weighted by molar-refractivity contribution is 5.80. The van der Waals surface area contributed by atoms with Crippen molar-refractivity contribution in [3.05, 3.63) is 0 Å². The van der Waals surface area contributed by atoms with E-state index in [2.05, 4.69) is 5.32 Å². The largest absolute Gasteiger partial charge is 0.394 e. The van der Waals surface area contributed by atoms with Crippen molar-refractivity contribution < 1.29 is 59.1 Å². The first kappa shape index (κ1) is 38.3. The highest BCUT2D eigenvalue weighted by Gasteiger charge is 2.44. The lowest BCUT2D eigenvalue weighted by molar-refractivity contribution is -0.273. The van der Waals surface area contributed by atoms with Crippen molar-refractivity contribution in [2.45, 2.75) is 137 Å². The molecule has 17 N–H and O–H groups in total. The topological polar surface area (TPSA) is 327 Å². The average Bonchev–Trinajstić information content (AvgIpc) is 3.48. The molecule has 264 valence electrons. The fourth-order valence-corrected chi connectivity index (χ4v) is 5.87. The van der Waals surface area contributed by atoms with Gasteiger partial charge in [-0.3, -0.25) is 4.79 Å². The summed E-state index contributed by atoms with van der Waals surface area (Å²) in [7, 11) is 0. The van der Waals surface area contributed by atoms with Crippen molar-refractivity contribution in [1.82, 2.24) is 5.32 Å². The first-order chi connectivity index (χ1) is 21.4. The molecule has 0 aromatic carbocycles. The fourth-order valence-electron chi connectivity index (χ4n) is 5.87. The summed E-state index contributed by atoms with van der Waals surface area (Å²) in [5.74, 6) is -0.497. The molecule has 1 aliphatic carbocycles. The predicted octanol–water partition coefficient (Wildman–Crippen LogP) is -5.89. The quantitative estimate of drug-likeness (QED) is 0.0986. The van der Waals surface area contributed by atoms with Crippen LogP contribution in [-0.2, 0) is 28.5 Å². The molecule has 4 aliphatic rings. The van der Waals surface area contributed by atoms with Crippen molar-refractivity contribution >= 4 is 5.91 Å². The van der Waals surface area contributed by atoms with Gasteiger partial charge in [-0.25, -0.2) is 0 Å². The second kappa shape index (κ2) is 18.4. The maximum Gasteiger partial charge on any atom is 0.249 e. The number of hydrogen-bond donors (Lipinski definition) is 12. The van der Waals surface area contributed by atoms with Gasteiger partial charge in [-0.15, -0.1) is 0 Å². The molecule has 4 fully saturated rings. The van der Waals surface area contributed by atoms with E-state index in [-0.39, 0.29) is 44.8 Å². The average molecular weight is 655 g/mol. The van der Waals surface area contributed by atoms with Gasteiger partial charge in [0.1, 0.15) is 30.5 Å². The Morgan fingerprint density at radius 1 is 0.867 bits per heavy atom. The minimum Gasteiger partial charge on any atom is -0.394 e. The van der Waals surface area contributed by atoms with Gasteiger partial charge in [-0.2, -0.15) is 0 Å². The predicted molar refractivity (Wildman–Crippen MR) is 156 cm³/mol. The third-order valence-electron chi connectivity index (χ3n) is 8.55. The number of aliphatic hydroxyl groups is 6. The monoisotopic (exact) mass is 654 g/mol. The Kier molecular flexibility index (Phi) is 15.6. The highest BCUT2D eigenvalue weighted by Crippen LogP contribution is 2.32. The van der Waals surface area contributed by atoms with Crippen LogP contribution >= 0.6 is 0 Å². The molecule has 3 heterocycles. The lowest BCUT2D eigenvalue weighted by atomic mass is 9.86.